The molecule has 1 aliphatic rings. The maximum Gasteiger partial charge on any atom is 0.137 e. The molecule has 1 saturated carbocycles. The van der Waals surface area contributed by atoms with Gasteiger partial charge in [0.25, 0.3) is 0 Å². The standard InChI is InChI=1S/C21H32OS/c1-2-3-4-5-6-10-17-21(19-15-11-12-16-20(19)22)23-18-13-8-7-9-14-18/h7-9,13-14,19,21H,2-6,10-12,15-17H2,1H3. The summed E-state index contributed by atoms with van der Waals surface area (Å²) in [6.07, 6.45) is 13.5. The second kappa shape index (κ2) is 10.9. The molecule has 0 aromatic heterocycles. The summed E-state index contributed by atoms with van der Waals surface area (Å²) in [6, 6.07) is 10.6. The van der Waals surface area contributed by atoms with Crippen molar-refractivity contribution in [3.05, 3.63) is 30.3 Å². The minimum atomic E-state index is 0.296. The van der Waals surface area contributed by atoms with Gasteiger partial charge in [0, 0.05) is 22.5 Å². The molecule has 2 atom stereocenters. The molecule has 0 heterocycles. The van der Waals surface area contributed by atoms with Crippen LogP contribution in [0.5, 0.6) is 0 Å². The highest BCUT2D eigenvalue weighted by Crippen LogP contribution is 2.37. The normalized spacial score (nSPS) is 19.7. The molecular formula is C21H32OS. The zero-order valence-corrected chi connectivity index (χ0v) is 15.5. The number of ketones is 1. The number of unbranched alkanes of at least 4 members (excludes halogenated alkanes) is 5. The molecule has 1 fully saturated rings. The van der Waals surface area contributed by atoms with Gasteiger partial charge < -0.3 is 0 Å². The highest BCUT2D eigenvalue weighted by Gasteiger charge is 2.30. The van der Waals surface area contributed by atoms with Crippen LogP contribution in [0.15, 0.2) is 35.2 Å². The molecule has 1 aromatic rings. The SMILES string of the molecule is CCCCCCCCC(Sc1ccccc1)C1CCCCC1=O. The molecule has 0 saturated heterocycles. The molecular weight excluding hydrogens is 300 g/mol. The zero-order chi connectivity index (χ0) is 16.3. The van der Waals surface area contributed by atoms with E-state index >= 15 is 0 Å². The Labute approximate surface area is 146 Å². The minimum absolute atomic E-state index is 0.296. The number of hydrogen-bond donors (Lipinski definition) is 0. The van der Waals surface area contributed by atoms with Crippen LogP contribution in [0.25, 0.3) is 0 Å². The number of thioether (sulfide) groups is 1. The lowest BCUT2D eigenvalue weighted by atomic mass is 9.84. The van der Waals surface area contributed by atoms with Crippen LogP contribution in [0.1, 0.15) is 77.6 Å². The number of carbonyl (C=O) groups excluding carboxylic acids is 1. The van der Waals surface area contributed by atoms with Crippen molar-refractivity contribution in [1.82, 2.24) is 0 Å². The number of carbonyl (C=O) groups is 1. The first kappa shape index (κ1) is 18.6. The Morgan fingerprint density at radius 1 is 1.04 bits per heavy atom. The van der Waals surface area contributed by atoms with Gasteiger partial charge in [0.05, 0.1) is 0 Å². The first-order valence-corrected chi connectivity index (χ1v) is 10.4. The van der Waals surface area contributed by atoms with E-state index in [4.69, 9.17) is 0 Å². The Hall–Kier alpha value is -0.760. The highest BCUT2D eigenvalue weighted by molar-refractivity contribution is 8.00. The highest BCUT2D eigenvalue weighted by atomic mass is 32.2. The van der Waals surface area contributed by atoms with Crippen LogP contribution in [0.2, 0.25) is 0 Å². The van der Waals surface area contributed by atoms with Crippen LogP contribution in [-0.2, 0) is 4.79 Å². The van der Waals surface area contributed by atoms with Gasteiger partial charge in [-0.25, -0.2) is 0 Å². The summed E-state index contributed by atoms with van der Waals surface area (Å²) < 4.78 is 0. The van der Waals surface area contributed by atoms with E-state index in [1.165, 1.54) is 56.3 Å². The van der Waals surface area contributed by atoms with Crippen molar-refractivity contribution >= 4 is 17.5 Å². The molecule has 0 amide bonds. The molecule has 1 nitrogen and oxygen atoms in total. The third kappa shape index (κ3) is 6.71. The molecule has 1 aliphatic carbocycles. The van der Waals surface area contributed by atoms with Crippen molar-refractivity contribution in [3.63, 3.8) is 0 Å². The van der Waals surface area contributed by atoms with E-state index < -0.39 is 0 Å². The van der Waals surface area contributed by atoms with Crippen molar-refractivity contribution in [2.45, 2.75) is 87.7 Å². The van der Waals surface area contributed by atoms with Gasteiger partial charge in [-0.15, -0.1) is 11.8 Å². The average molecular weight is 333 g/mol. The molecule has 1 aromatic carbocycles. The van der Waals surface area contributed by atoms with Gasteiger partial charge in [-0.2, -0.15) is 0 Å². The summed E-state index contributed by atoms with van der Waals surface area (Å²) in [5, 5.41) is 0.483. The van der Waals surface area contributed by atoms with E-state index in [0.29, 0.717) is 17.0 Å². The lowest BCUT2D eigenvalue weighted by Crippen LogP contribution is -2.29. The van der Waals surface area contributed by atoms with Gasteiger partial charge in [-0.1, -0.05) is 70.1 Å². The van der Waals surface area contributed by atoms with E-state index in [1.54, 1.807) is 0 Å². The van der Waals surface area contributed by atoms with E-state index in [0.717, 1.165) is 19.3 Å². The summed E-state index contributed by atoms with van der Waals surface area (Å²) in [4.78, 5) is 13.7. The predicted octanol–water partition coefficient (Wildman–Crippen LogP) is 6.66. The monoisotopic (exact) mass is 332 g/mol. The number of benzene rings is 1. The summed E-state index contributed by atoms with van der Waals surface area (Å²) in [6.45, 7) is 2.27. The number of Topliss-reactive ketones (excluding diaryl/α,β-unsaturated/α-hetero) is 1. The topological polar surface area (TPSA) is 17.1 Å². The largest absolute Gasteiger partial charge is 0.299 e. The van der Waals surface area contributed by atoms with Crippen LogP contribution in [0, 0.1) is 5.92 Å². The van der Waals surface area contributed by atoms with Crippen molar-refractivity contribution in [2.24, 2.45) is 5.92 Å². The first-order valence-electron chi connectivity index (χ1n) is 9.55. The quantitative estimate of drug-likeness (QED) is 0.352. The van der Waals surface area contributed by atoms with E-state index in [1.807, 2.05) is 11.8 Å². The van der Waals surface area contributed by atoms with Gasteiger partial charge in [0.2, 0.25) is 0 Å². The van der Waals surface area contributed by atoms with Crippen molar-refractivity contribution in [3.8, 4) is 0 Å². The maximum atomic E-state index is 12.4. The van der Waals surface area contributed by atoms with Gasteiger partial charge in [-0.3, -0.25) is 4.79 Å². The Morgan fingerprint density at radius 3 is 2.52 bits per heavy atom. The number of rotatable bonds is 10. The van der Waals surface area contributed by atoms with Crippen molar-refractivity contribution < 1.29 is 4.79 Å². The van der Waals surface area contributed by atoms with Crippen LogP contribution >= 0.6 is 11.8 Å². The van der Waals surface area contributed by atoms with E-state index in [9.17, 15) is 4.79 Å². The van der Waals surface area contributed by atoms with E-state index in [-0.39, 0.29) is 0 Å². The van der Waals surface area contributed by atoms with Crippen LogP contribution in [0.4, 0.5) is 0 Å². The van der Waals surface area contributed by atoms with E-state index in [2.05, 4.69) is 37.3 Å². The Balaban J connectivity index is 1.87. The molecule has 0 spiro atoms. The zero-order valence-electron chi connectivity index (χ0n) is 14.6. The molecule has 23 heavy (non-hydrogen) atoms. The van der Waals surface area contributed by atoms with Crippen LogP contribution in [-0.4, -0.2) is 11.0 Å². The maximum absolute atomic E-state index is 12.4. The molecule has 0 N–H and O–H groups in total. The lowest BCUT2D eigenvalue weighted by Gasteiger charge is -2.29. The predicted molar refractivity (Wildman–Crippen MR) is 101 cm³/mol. The Morgan fingerprint density at radius 2 is 1.78 bits per heavy atom. The fourth-order valence-corrected chi connectivity index (χ4v) is 4.95. The lowest BCUT2D eigenvalue weighted by molar-refractivity contribution is -0.124. The summed E-state index contributed by atoms with van der Waals surface area (Å²) in [5.41, 5.74) is 0. The van der Waals surface area contributed by atoms with Gasteiger partial charge in [0.1, 0.15) is 5.78 Å². The fourth-order valence-electron chi connectivity index (χ4n) is 3.55. The minimum Gasteiger partial charge on any atom is -0.299 e. The Kier molecular flexibility index (Phi) is 8.81. The summed E-state index contributed by atoms with van der Waals surface area (Å²) >= 11 is 1.95. The molecule has 2 rings (SSSR count). The molecule has 0 bridgehead atoms. The molecule has 2 heteroatoms. The van der Waals surface area contributed by atoms with Crippen LogP contribution < -0.4 is 0 Å². The van der Waals surface area contributed by atoms with Gasteiger partial charge >= 0.3 is 0 Å². The Bertz CT molecular complexity index is 442. The second-order valence-electron chi connectivity index (χ2n) is 6.84. The van der Waals surface area contributed by atoms with Gasteiger partial charge in [0.15, 0.2) is 0 Å². The third-order valence-corrected chi connectivity index (χ3v) is 6.33. The number of hydrogen-bond acceptors (Lipinski definition) is 2. The smallest absolute Gasteiger partial charge is 0.137 e. The molecule has 128 valence electrons. The van der Waals surface area contributed by atoms with Crippen molar-refractivity contribution in [1.29, 1.82) is 0 Å². The first-order chi connectivity index (χ1) is 11.3. The average Bonchev–Trinajstić information content (AvgIpc) is 2.58. The molecule has 2 unspecified atom stereocenters. The second-order valence-corrected chi connectivity index (χ2v) is 8.16. The van der Waals surface area contributed by atoms with Crippen molar-refractivity contribution in [2.75, 3.05) is 0 Å². The summed E-state index contributed by atoms with van der Waals surface area (Å²) in [5.74, 6) is 0.820. The summed E-state index contributed by atoms with van der Waals surface area (Å²) in [7, 11) is 0. The molecule has 0 radical (unpaired) electrons. The van der Waals surface area contributed by atoms with Crippen LogP contribution in [0.3, 0.4) is 0 Å². The third-order valence-electron chi connectivity index (χ3n) is 4.92. The van der Waals surface area contributed by atoms with Gasteiger partial charge in [-0.05, 0) is 31.4 Å². The molecule has 0 aliphatic heterocycles. The fraction of sp³-hybridized carbons (Fsp3) is 0.667.